The van der Waals surface area contributed by atoms with Gasteiger partial charge in [-0.15, -0.1) is 18.2 Å². The first kappa shape index (κ1) is 35.8. The monoisotopic (exact) mass is 961 g/mol. The van der Waals surface area contributed by atoms with Crippen LogP contribution in [-0.2, 0) is 26.5 Å². The van der Waals surface area contributed by atoms with E-state index in [1.165, 1.54) is 10.8 Å². The van der Waals surface area contributed by atoms with Crippen LogP contribution in [0.1, 0.15) is 34.8 Å². The molecule has 0 fully saturated rings. The first-order chi connectivity index (χ1) is 26.7. The number of hydrogen-bond donors (Lipinski definition) is 0. The number of benzene rings is 5. The van der Waals surface area contributed by atoms with Gasteiger partial charge in [0, 0.05) is 36.9 Å². The van der Waals surface area contributed by atoms with Crippen molar-refractivity contribution in [3.63, 3.8) is 0 Å². The van der Waals surface area contributed by atoms with Crippen LogP contribution in [0.15, 0.2) is 132 Å². The minimum atomic E-state index is -2.24. The number of para-hydroxylation sites is 2. The largest absolute Gasteiger partial charge is 0 e. The van der Waals surface area contributed by atoms with Crippen molar-refractivity contribution < 1.29 is 27.3 Å². The number of nitrogens with zero attached hydrogens (tertiary/aromatic N) is 4. The second kappa shape index (κ2) is 15.3. The molecule has 7 heteroatoms. The Morgan fingerprint density at radius 1 is 0.782 bits per heavy atom. The number of aryl methyl sites for hydroxylation is 1. The number of furan rings is 1. The van der Waals surface area contributed by atoms with Crippen LogP contribution in [0, 0.1) is 24.5 Å². The van der Waals surface area contributed by atoms with Gasteiger partial charge in [-0.1, -0.05) is 53.4 Å². The van der Waals surface area contributed by atoms with E-state index in [0.717, 1.165) is 71.4 Å². The van der Waals surface area contributed by atoms with Crippen molar-refractivity contribution in [2.75, 3.05) is 0 Å². The van der Waals surface area contributed by atoms with Gasteiger partial charge >= 0.3 is 135 Å². The van der Waals surface area contributed by atoms with E-state index in [1.54, 1.807) is 0 Å². The fourth-order valence-corrected chi connectivity index (χ4v) is 9.84. The van der Waals surface area contributed by atoms with E-state index in [-0.39, 0.29) is 20.1 Å². The van der Waals surface area contributed by atoms with Gasteiger partial charge in [0.1, 0.15) is 0 Å². The molecule has 4 aromatic heterocycles. The summed E-state index contributed by atoms with van der Waals surface area (Å²) < 4.78 is 27.1. The molecule has 0 saturated heterocycles. The Morgan fingerprint density at radius 2 is 1.55 bits per heavy atom. The molecule has 0 aliphatic rings. The van der Waals surface area contributed by atoms with Crippen molar-refractivity contribution >= 4 is 61.5 Å². The van der Waals surface area contributed by atoms with E-state index in [2.05, 4.69) is 98.5 Å². The second-order valence-corrected chi connectivity index (χ2v) is 26.4. The van der Waals surface area contributed by atoms with Gasteiger partial charge in [-0.3, -0.25) is 4.98 Å². The number of rotatable bonds is 5. The molecule has 0 unspecified atom stereocenters. The molecule has 0 amide bonds. The summed E-state index contributed by atoms with van der Waals surface area (Å²) in [4.78, 5) is 14.2. The van der Waals surface area contributed by atoms with Crippen LogP contribution in [0.2, 0.25) is 17.3 Å². The molecule has 277 valence electrons. The second-order valence-electron chi connectivity index (χ2n) is 15.8. The summed E-state index contributed by atoms with van der Waals surface area (Å²) in [6.45, 7) is 7.85. The Morgan fingerprint density at radius 3 is 2.31 bits per heavy atom. The summed E-state index contributed by atoms with van der Waals surface area (Å²) in [6.07, 6.45) is 0.502. The molecule has 9 rings (SSSR count). The van der Waals surface area contributed by atoms with Gasteiger partial charge in [0.2, 0.25) is 5.71 Å². The van der Waals surface area contributed by atoms with Crippen molar-refractivity contribution in [3.8, 4) is 28.3 Å². The van der Waals surface area contributed by atoms with Crippen LogP contribution >= 0.6 is 0 Å². The van der Waals surface area contributed by atoms with E-state index in [1.807, 2.05) is 101 Å². The summed E-state index contributed by atoms with van der Waals surface area (Å²) >= 11 is -2.24. The maximum atomic E-state index is 8.76. The first-order valence-electron chi connectivity index (χ1n) is 19.4. The fraction of sp³-hybridized carbons (Fsp3) is 0.188. The van der Waals surface area contributed by atoms with Crippen LogP contribution in [0.3, 0.4) is 0 Å². The molecule has 0 bridgehead atoms. The Hall–Kier alpha value is -4.88. The average molecular weight is 960 g/mol. The summed E-state index contributed by atoms with van der Waals surface area (Å²) in [5.74, 6) is 7.65. The zero-order valence-corrected chi connectivity index (χ0v) is 36.6. The van der Waals surface area contributed by atoms with E-state index < -0.39 is 25.1 Å². The number of hydrogen-bond acceptors (Lipinski definition) is 4. The molecule has 5 aromatic carbocycles. The van der Waals surface area contributed by atoms with E-state index in [9.17, 15) is 0 Å². The molecule has 0 N–H and O–H groups in total. The van der Waals surface area contributed by atoms with E-state index in [4.69, 9.17) is 12.1 Å². The van der Waals surface area contributed by atoms with Gasteiger partial charge in [-0.2, -0.15) is 0 Å². The van der Waals surface area contributed by atoms with Gasteiger partial charge in [-0.25, -0.2) is 4.98 Å². The topological polar surface area (TPSA) is 56.7 Å². The summed E-state index contributed by atoms with van der Waals surface area (Å²) in [6, 6.07) is 47.4. The van der Waals surface area contributed by atoms with Crippen molar-refractivity contribution in [1.82, 2.24) is 19.5 Å². The predicted molar refractivity (Wildman–Crippen MR) is 227 cm³/mol. The maximum absolute atomic E-state index is 8.76. The molecule has 0 aliphatic carbocycles. The summed E-state index contributed by atoms with van der Waals surface area (Å²) in [7, 11) is 0. The Balaban J connectivity index is 0.000000184. The van der Waals surface area contributed by atoms with Crippen LogP contribution in [0.25, 0.3) is 72.2 Å². The minimum Gasteiger partial charge on any atom is 0 e. The zero-order chi connectivity index (χ0) is 39.4. The van der Waals surface area contributed by atoms with Crippen molar-refractivity contribution in [2.24, 2.45) is 5.41 Å². The third-order valence-electron chi connectivity index (χ3n) is 9.42. The smallest absolute Gasteiger partial charge is 0 e. The Labute approximate surface area is 342 Å². The maximum Gasteiger partial charge on any atom is 0 e. The van der Waals surface area contributed by atoms with Crippen molar-refractivity contribution in [3.05, 3.63) is 151 Å². The molecule has 1 radical (unpaired) electrons. The van der Waals surface area contributed by atoms with Crippen molar-refractivity contribution in [1.29, 1.82) is 0 Å². The molecule has 0 aliphatic heterocycles. The van der Waals surface area contributed by atoms with Gasteiger partial charge in [0.05, 0.1) is 22.4 Å². The van der Waals surface area contributed by atoms with Crippen LogP contribution in [0.4, 0.5) is 0 Å². The molecular formula is C48H44GeIrN4O-2. The third kappa shape index (κ3) is 7.95. The molecule has 9 aromatic rings. The summed E-state index contributed by atoms with van der Waals surface area (Å²) in [5.41, 5.74) is 8.19. The SMILES string of the molecule is Cc1ccc2c(n1)oc1c(-c3nc4ccccc4n3-c3ccc4ccccc4c3)[c-]ccc12.[2H]C([2H])(c1cc(-c2[c-]cccc2)nc[c]1[Ge]([CH3])([CH3])[CH3])C(C)(C)C.[Ir]. The van der Waals surface area contributed by atoms with Crippen LogP contribution in [0.5, 0.6) is 0 Å². The van der Waals surface area contributed by atoms with Gasteiger partial charge in [0.15, 0.2) is 0 Å². The molecule has 0 saturated carbocycles. The quantitative estimate of drug-likeness (QED) is 0.127. The minimum absolute atomic E-state index is 0. The Kier molecular flexibility index (Phi) is 9.98. The number of aromatic nitrogens is 4. The molecule has 0 atom stereocenters. The fourth-order valence-electron chi connectivity index (χ4n) is 6.91. The standard InChI is InChI=1S/C29H18N3O.C19H26GeN.Ir/c1-18-13-16-23-22-9-6-10-24(27(22)33-29(23)30-18)28-31-25-11-4-5-12-26(25)32(28)21-15-14-19-7-2-3-8-20(19)17-21;1-19(2,3)13-16-12-18(15-10-8-7-9-11-15)21-14-17(16)20(4,5)6;/h2-9,11-17H,1H3;7-10,12,14H,13H2,1-6H3;/q2*-1;/i;13D2;. The average Bonchev–Trinajstić information content (AvgIpc) is 3.75. The molecule has 55 heavy (non-hydrogen) atoms. The van der Waals surface area contributed by atoms with Gasteiger partial charge in [-0.05, 0) is 54.1 Å². The zero-order valence-electron chi connectivity index (χ0n) is 34.2. The number of imidazole rings is 1. The van der Waals surface area contributed by atoms with E-state index >= 15 is 0 Å². The predicted octanol–water partition coefficient (Wildman–Crippen LogP) is 11.9. The third-order valence-corrected chi connectivity index (χ3v) is 13.6. The molecule has 5 nitrogen and oxygen atoms in total. The van der Waals surface area contributed by atoms with Crippen LogP contribution in [-0.4, -0.2) is 32.8 Å². The molecule has 4 heterocycles. The normalized spacial score (nSPS) is 12.6. The summed E-state index contributed by atoms with van der Waals surface area (Å²) in [5, 5.41) is 4.41. The first-order valence-corrected chi connectivity index (χ1v) is 25.7. The number of fused-ring (bicyclic) bond motifs is 5. The van der Waals surface area contributed by atoms with Gasteiger partial charge < -0.3 is 8.98 Å². The molecular weight excluding hydrogens is 913 g/mol. The van der Waals surface area contributed by atoms with E-state index in [0.29, 0.717) is 5.71 Å². The van der Waals surface area contributed by atoms with Gasteiger partial charge in [0.25, 0.3) is 0 Å². The van der Waals surface area contributed by atoms with Crippen molar-refractivity contribution in [2.45, 2.75) is 51.3 Å². The molecule has 0 spiro atoms. The van der Waals surface area contributed by atoms with Crippen LogP contribution < -0.4 is 4.40 Å². The Bertz CT molecular complexity index is 2890. The number of pyridine rings is 2.